The Bertz CT molecular complexity index is 1170. The van der Waals surface area contributed by atoms with Crippen LogP contribution in [0.4, 0.5) is 10.1 Å². The van der Waals surface area contributed by atoms with Crippen molar-refractivity contribution >= 4 is 23.4 Å². The number of carbonyl (C=O) groups excluding carboxylic acids is 3. The summed E-state index contributed by atoms with van der Waals surface area (Å²) < 4.78 is 13.5. The first-order chi connectivity index (χ1) is 14.5. The molecular formula is C24H17FN2O3. The van der Waals surface area contributed by atoms with Gasteiger partial charge in [-0.3, -0.25) is 19.3 Å². The number of hydrogen-bond acceptors (Lipinski definition) is 3. The van der Waals surface area contributed by atoms with E-state index in [1.54, 1.807) is 47.4 Å². The summed E-state index contributed by atoms with van der Waals surface area (Å²) in [6.45, 7) is 1.92. The molecule has 2 aliphatic rings. The predicted octanol–water partition coefficient (Wildman–Crippen LogP) is 3.89. The summed E-state index contributed by atoms with van der Waals surface area (Å²) in [4.78, 5) is 41.9. The van der Waals surface area contributed by atoms with E-state index in [1.807, 2.05) is 25.1 Å². The minimum atomic E-state index is -0.983. The van der Waals surface area contributed by atoms with Crippen LogP contribution in [0.25, 0.3) is 0 Å². The molecule has 3 amide bonds. The number of halogens is 1. The van der Waals surface area contributed by atoms with Crippen LogP contribution in [-0.4, -0.2) is 28.7 Å². The van der Waals surface area contributed by atoms with E-state index in [0.717, 1.165) is 10.5 Å². The molecule has 148 valence electrons. The van der Waals surface area contributed by atoms with Gasteiger partial charge in [0.15, 0.2) is 0 Å². The number of nitrogens with zero attached hydrogens (tertiary/aromatic N) is 2. The van der Waals surface area contributed by atoms with Gasteiger partial charge in [0.2, 0.25) is 0 Å². The molecule has 0 N–H and O–H groups in total. The maximum absolute atomic E-state index is 13.5. The largest absolute Gasteiger partial charge is 0.300 e. The lowest BCUT2D eigenvalue weighted by atomic mass is 9.86. The Morgan fingerprint density at radius 2 is 1.37 bits per heavy atom. The number of fused-ring (bicyclic) bond motifs is 1. The lowest BCUT2D eigenvalue weighted by Gasteiger charge is -2.49. The lowest BCUT2D eigenvalue weighted by molar-refractivity contribution is -0.130. The average molecular weight is 400 g/mol. The van der Waals surface area contributed by atoms with Gasteiger partial charge >= 0.3 is 0 Å². The summed E-state index contributed by atoms with van der Waals surface area (Å²) in [5.41, 5.74) is 2.88. The predicted molar refractivity (Wildman–Crippen MR) is 109 cm³/mol. The third kappa shape index (κ3) is 2.57. The molecule has 0 bridgehead atoms. The van der Waals surface area contributed by atoms with Crippen molar-refractivity contribution in [2.75, 3.05) is 4.90 Å². The van der Waals surface area contributed by atoms with E-state index in [9.17, 15) is 18.8 Å². The van der Waals surface area contributed by atoms with Crippen LogP contribution in [0.1, 0.15) is 37.9 Å². The highest BCUT2D eigenvalue weighted by Crippen LogP contribution is 2.44. The summed E-state index contributed by atoms with van der Waals surface area (Å²) in [6.07, 6.45) is 0. The monoisotopic (exact) mass is 400 g/mol. The van der Waals surface area contributed by atoms with Gasteiger partial charge < -0.3 is 4.90 Å². The molecule has 2 atom stereocenters. The zero-order valence-corrected chi connectivity index (χ0v) is 16.1. The molecule has 3 aromatic rings. The molecule has 2 heterocycles. The van der Waals surface area contributed by atoms with E-state index in [1.165, 1.54) is 12.1 Å². The first kappa shape index (κ1) is 18.2. The minimum absolute atomic E-state index is 0.294. The van der Waals surface area contributed by atoms with E-state index in [4.69, 9.17) is 0 Å². The van der Waals surface area contributed by atoms with Crippen molar-refractivity contribution in [3.8, 4) is 0 Å². The smallest absolute Gasteiger partial charge is 0.262 e. The molecule has 3 aromatic carbocycles. The fourth-order valence-corrected chi connectivity index (χ4v) is 4.24. The van der Waals surface area contributed by atoms with Crippen molar-refractivity contribution in [3.63, 3.8) is 0 Å². The van der Waals surface area contributed by atoms with Crippen LogP contribution < -0.4 is 4.90 Å². The second-order valence-electron chi connectivity index (χ2n) is 7.51. The Kier molecular flexibility index (Phi) is 4.03. The molecule has 1 fully saturated rings. The van der Waals surface area contributed by atoms with Crippen LogP contribution in [0.15, 0.2) is 72.8 Å². The quantitative estimate of drug-likeness (QED) is 0.495. The molecule has 30 heavy (non-hydrogen) atoms. The molecule has 0 aliphatic carbocycles. The molecule has 0 aromatic heterocycles. The maximum atomic E-state index is 13.5. The Balaban J connectivity index is 1.60. The molecule has 2 aliphatic heterocycles. The Hall–Kier alpha value is -3.80. The highest BCUT2D eigenvalue weighted by atomic mass is 19.1. The van der Waals surface area contributed by atoms with Gasteiger partial charge in [-0.2, -0.15) is 0 Å². The molecule has 0 saturated carbocycles. The second kappa shape index (κ2) is 6.62. The summed E-state index contributed by atoms with van der Waals surface area (Å²) in [5.74, 6) is -1.71. The molecule has 5 rings (SSSR count). The third-order valence-electron chi connectivity index (χ3n) is 5.66. The number of hydrogen-bond donors (Lipinski definition) is 0. The van der Waals surface area contributed by atoms with E-state index < -0.39 is 29.7 Å². The molecule has 0 unspecified atom stereocenters. The van der Waals surface area contributed by atoms with Crippen molar-refractivity contribution in [1.29, 1.82) is 0 Å². The van der Waals surface area contributed by atoms with Crippen LogP contribution in [0.2, 0.25) is 0 Å². The summed E-state index contributed by atoms with van der Waals surface area (Å²) in [7, 11) is 0. The fourth-order valence-electron chi connectivity index (χ4n) is 4.24. The molecule has 5 nitrogen and oxygen atoms in total. The van der Waals surface area contributed by atoms with Gasteiger partial charge in [0.25, 0.3) is 17.7 Å². The van der Waals surface area contributed by atoms with Gasteiger partial charge in [0.1, 0.15) is 11.9 Å². The highest BCUT2D eigenvalue weighted by Gasteiger charge is 2.57. The van der Waals surface area contributed by atoms with Crippen molar-refractivity contribution in [2.24, 2.45) is 0 Å². The first-order valence-corrected chi connectivity index (χ1v) is 9.59. The number of anilines is 1. The number of rotatable bonds is 3. The molecule has 0 radical (unpaired) electrons. The van der Waals surface area contributed by atoms with Crippen LogP contribution in [0.3, 0.4) is 0 Å². The topological polar surface area (TPSA) is 57.7 Å². The average Bonchev–Trinajstić information content (AvgIpc) is 2.98. The first-order valence-electron chi connectivity index (χ1n) is 9.59. The van der Waals surface area contributed by atoms with Crippen molar-refractivity contribution in [1.82, 2.24) is 4.90 Å². The SMILES string of the molecule is Cc1cccc(N2C(=O)[C@H](N3C(=O)c4ccccc4C3=O)[C@@H]2c2ccc(F)cc2)c1. The molecule has 6 heteroatoms. The van der Waals surface area contributed by atoms with Crippen LogP contribution in [0.5, 0.6) is 0 Å². The summed E-state index contributed by atoms with van der Waals surface area (Å²) >= 11 is 0. The highest BCUT2D eigenvalue weighted by molar-refractivity contribution is 6.24. The lowest BCUT2D eigenvalue weighted by Crippen LogP contribution is -2.67. The van der Waals surface area contributed by atoms with E-state index >= 15 is 0 Å². The fraction of sp³-hybridized carbons (Fsp3) is 0.125. The van der Waals surface area contributed by atoms with E-state index in [2.05, 4.69) is 0 Å². The normalized spacial score (nSPS) is 20.4. The number of carbonyl (C=O) groups is 3. The molecule has 1 saturated heterocycles. The Morgan fingerprint density at radius 3 is 1.97 bits per heavy atom. The number of benzene rings is 3. The van der Waals surface area contributed by atoms with Crippen molar-refractivity contribution < 1.29 is 18.8 Å². The summed E-state index contributed by atoms with van der Waals surface area (Å²) in [6, 6.07) is 18.2. The second-order valence-corrected chi connectivity index (χ2v) is 7.51. The minimum Gasteiger partial charge on any atom is -0.300 e. The van der Waals surface area contributed by atoms with Crippen LogP contribution in [0, 0.1) is 12.7 Å². The standard InChI is InChI=1S/C24H17FN2O3/c1-14-5-4-6-17(13-14)26-20(15-9-11-16(25)12-10-15)21(24(26)30)27-22(28)18-7-2-3-8-19(18)23(27)29/h2-13,20-21H,1H3/t20-,21+/m0/s1. The van der Waals surface area contributed by atoms with Crippen molar-refractivity contribution in [3.05, 3.63) is 101 Å². The van der Waals surface area contributed by atoms with Gasteiger partial charge in [-0.05, 0) is 54.4 Å². The van der Waals surface area contributed by atoms with E-state index in [-0.39, 0.29) is 5.91 Å². The van der Waals surface area contributed by atoms with Crippen LogP contribution in [-0.2, 0) is 4.79 Å². The Labute approximate surface area is 172 Å². The molecule has 0 spiro atoms. The number of amides is 3. The number of aryl methyl sites for hydroxylation is 1. The van der Waals surface area contributed by atoms with Crippen molar-refractivity contribution in [2.45, 2.75) is 19.0 Å². The number of β-lactam (4-membered cyclic amide) rings is 1. The third-order valence-corrected chi connectivity index (χ3v) is 5.66. The molecular weight excluding hydrogens is 383 g/mol. The van der Waals surface area contributed by atoms with Gasteiger partial charge in [-0.15, -0.1) is 0 Å². The van der Waals surface area contributed by atoms with Gasteiger partial charge in [-0.25, -0.2) is 4.39 Å². The van der Waals surface area contributed by atoms with Gasteiger partial charge in [0.05, 0.1) is 17.2 Å². The number of imide groups is 1. The van der Waals surface area contributed by atoms with Crippen LogP contribution >= 0.6 is 0 Å². The summed E-state index contributed by atoms with van der Waals surface area (Å²) in [5, 5.41) is 0. The zero-order chi connectivity index (χ0) is 21.0. The van der Waals surface area contributed by atoms with E-state index in [0.29, 0.717) is 22.4 Å². The maximum Gasteiger partial charge on any atom is 0.262 e. The Morgan fingerprint density at radius 1 is 0.733 bits per heavy atom. The van der Waals surface area contributed by atoms with Gasteiger partial charge in [-0.1, -0.05) is 36.4 Å². The zero-order valence-electron chi connectivity index (χ0n) is 16.1. The van der Waals surface area contributed by atoms with Gasteiger partial charge in [0, 0.05) is 5.69 Å².